The zero-order chi connectivity index (χ0) is 15.1. The standard InChI is InChI=1S/C16H32N2O3/c1-4-8-17-14-6-7-16(20-11-12-21-16)13-15(14)18(3)9-10-19-5-2/h14-15,17H,4-13H2,1-3H3. The Kier molecular flexibility index (Phi) is 6.89. The van der Waals surface area contributed by atoms with Gasteiger partial charge in [-0.05, 0) is 33.4 Å². The number of hydrogen-bond acceptors (Lipinski definition) is 5. The summed E-state index contributed by atoms with van der Waals surface area (Å²) in [5.74, 6) is -0.324. The number of hydrogen-bond donors (Lipinski definition) is 1. The van der Waals surface area contributed by atoms with Crippen molar-refractivity contribution in [1.29, 1.82) is 0 Å². The molecule has 0 aromatic carbocycles. The molecular formula is C16H32N2O3. The second kappa shape index (κ2) is 8.44. The average molecular weight is 300 g/mol. The monoisotopic (exact) mass is 300 g/mol. The number of rotatable bonds is 8. The Morgan fingerprint density at radius 1 is 1.29 bits per heavy atom. The minimum atomic E-state index is -0.324. The van der Waals surface area contributed by atoms with Crippen molar-refractivity contribution in [2.24, 2.45) is 0 Å². The van der Waals surface area contributed by atoms with Gasteiger partial charge >= 0.3 is 0 Å². The van der Waals surface area contributed by atoms with Gasteiger partial charge in [-0.1, -0.05) is 6.92 Å². The van der Waals surface area contributed by atoms with Crippen molar-refractivity contribution in [2.75, 3.05) is 46.6 Å². The largest absolute Gasteiger partial charge is 0.380 e. The third-order valence-corrected chi connectivity index (χ3v) is 4.65. The third kappa shape index (κ3) is 4.63. The molecule has 1 N–H and O–H groups in total. The molecule has 2 fully saturated rings. The maximum atomic E-state index is 5.93. The maximum absolute atomic E-state index is 5.93. The summed E-state index contributed by atoms with van der Waals surface area (Å²) in [7, 11) is 2.19. The number of ether oxygens (including phenoxy) is 3. The van der Waals surface area contributed by atoms with Gasteiger partial charge in [0, 0.05) is 38.1 Å². The molecule has 1 spiro atoms. The van der Waals surface area contributed by atoms with Gasteiger partial charge in [-0.15, -0.1) is 0 Å². The fourth-order valence-corrected chi connectivity index (χ4v) is 3.44. The van der Waals surface area contributed by atoms with Crippen LogP contribution in [0.25, 0.3) is 0 Å². The average Bonchev–Trinajstić information content (AvgIpc) is 2.94. The summed E-state index contributed by atoms with van der Waals surface area (Å²) in [4.78, 5) is 2.41. The molecule has 1 aliphatic carbocycles. The van der Waals surface area contributed by atoms with Gasteiger partial charge in [0.25, 0.3) is 0 Å². The first-order valence-corrected chi connectivity index (χ1v) is 8.50. The van der Waals surface area contributed by atoms with Crippen molar-refractivity contribution in [1.82, 2.24) is 10.2 Å². The van der Waals surface area contributed by atoms with Gasteiger partial charge in [-0.2, -0.15) is 0 Å². The van der Waals surface area contributed by atoms with E-state index in [0.29, 0.717) is 12.1 Å². The van der Waals surface area contributed by atoms with Crippen LogP contribution in [0.2, 0.25) is 0 Å². The van der Waals surface area contributed by atoms with Crippen LogP contribution < -0.4 is 5.32 Å². The Bertz CT molecular complexity index is 295. The predicted octanol–water partition coefficient (Wildman–Crippen LogP) is 1.62. The lowest BCUT2D eigenvalue weighted by Crippen LogP contribution is -2.57. The van der Waals surface area contributed by atoms with E-state index < -0.39 is 0 Å². The van der Waals surface area contributed by atoms with E-state index in [0.717, 1.165) is 58.8 Å². The van der Waals surface area contributed by atoms with Gasteiger partial charge in [0.2, 0.25) is 0 Å². The van der Waals surface area contributed by atoms with Crippen LogP contribution in [-0.2, 0) is 14.2 Å². The van der Waals surface area contributed by atoms with Crippen molar-refractivity contribution < 1.29 is 14.2 Å². The highest BCUT2D eigenvalue weighted by Crippen LogP contribution is 2.37. The van der Waals surface area contributed by atoms with Crippen LogP contribution >= 0.6 is 0 Å². The smallest absolute Gasteiger partial charge is 0.170 e. The lowest BCUT2D eigenvalue weighted by atomic mass is 9.84. The predicted molar refractivity (Wildman–Crippen MR) is 83.5 cm³/mol. The lowest BCUT2D eigenvalue weighted by Gasteiger charge is -2.45. The van der Waals surface area contributed by atoms with Crippen molar-refractivity contribution >= 4 is 0 Å². The van der Waals surface area contributed by atoms with E-state index in [-0.39, 0.29) is 5.79 Å². The molecule has 124 valence electrons. The van der Waals surface area contributed by atoms with E-state index in [1.165, 1.54) is 6.42 Å². The summed E-state index contributed by atoms with van der Waals surface area (Å²) in [5.41, 5.74) is 0. The molecular weight excluding hydrogens is 268 g/mol. The van der Waals surface area contributed by atoms with E-state index in [4.69, 9.17) is 14.2 Å². The molecule has 5 heteroatoms. The molecule has 2 atom stereocenters. The molecule has 1 heterocycles. The highest BCUT2D eigenvalue weighted by molar-refractivity contribution is 4.95. The maximum Gasteiger partial charge on any atom is 0.170 e. The number of nitrogens with one attached hydrogen (secondary N) is 1. The minimum Gasteiger partial charge on any atom is -0.380 e. The molecule has 2 unspecified atom stereocenters. The fraction of sp³-hybridized carbons (Fsp3) is 1.00. The van der Waals surface area contributed by atoms with E-state index in [2.05, 4.69) is 24.2 Å². The zero-order valence-corrected chi connectivity index (χ0v) is 13.9. The molecule has 21 heavy (non-hydrogen) atoms. The molecule has 0 aromatic rings. The normalized spacial score (nSPS) is 28.6. The fourth-order valence-electron chi connectivity index (χ4n) is 3.44. The van der Waals surface area contributed by atoms with Gasteiger partial charge < -0.3 is 19.5 Å². The van der Waals surface area contributed by atoms with Gasteiger partial charge in [-0.3, -0.25) is 4.90 Å². The van der Waals surface area contributed by atoms with E-state index >= 15 is 0 Å². The van der Waals surface area contributed by atoms with Gasteiger partial charge in [0.1, 0.15) is 0 Å². The Balaban J connectivity index is 1.94. The summed E-state index contributed by atoms with van der Waals surface area (Å²) in [5, 5.41) is 3.71. The molecule has 0 aromatic heterocycles. The summed E-state index contributed by atoms with van der Waals surface area (Å²) in [6, 6.07) is 0.971. The van der Waals surface area contributed by atoms with Crippen LogP contribution in [0.4, 0.5) is 0 Å². The molecule has 1 aliphatic heterocycles. The SMILES string of the molecule is CCCNC1CCC2(CC1N(C)CCOCC)OCCO2. The van der Waals surface area contributed by atoms with Gasteiger partial charge in [-0.25, -0.2) is 0 Å². The Hall–Kier alpha value is -0.200. The number of likely N-dealkylation sites (N-methyl/N-ethyl adjacent to an activating group) is 1. The first-order valence-electron chi connectivity index (χ1n) is 8.50. The molecule has 2 rings (SSSR count). The summed E-state index contributed by atoms with van der Waals surface area (Å²) in [6.07, 6.45) is 4.24. The number of nitrogens with zero attached hydrogens (tertiary/aromatic N) is 1. The lowest BCUT2D eigenvalue weighted by molar-refractivity contribution is -0.192. The molecule has 0 bridgehead atoms. The van der Waals surface area contributed by atoms with Crippen molar-refractivity contribution in [2.45, 2.75) is 57.4 Å². The first kappa shape index (κ1) is 17.2. The van der Waals surface area contributed by atoms with E-state index in [1.807, 2.05) is 6.92 Å². The van der Waals surface area contributed by atoms with E-state index in [1.54, 1.807) is 0 Å². The van der Waals surface area contributed by atoms with Gasteiger partial charge in [0.05, 0.1) is 19.8 Å². The minimum absolute atomic E-state index is 0.324. The molecule has 1 saturated carbocycles. The molecule has 0 radical (unpaired) electrons. The Morgan fingerprint density at radius 2 is 2.05 bits per heavy atom. The van der Waals surface area contributed by atoms with Gasteiger partial charge in [0.15, 0.2) is 5.79 Å². The quantitative estimate of drug-likeness (QED) is 0.690. The first-order chi connectivity index (χ1) is 10.2. The Labute approximate surface area is 129 Å². The topological polar surface area (TPSA) is 43.0 Å². The van der Waals surface area contributed by atoms with Crippen LogP contribution in [-0.4, -0.2) is 69.3 Å². The highest BCUT2D eigenvalue weighted by Gasteiger charge is 2.46. The van der Waals surface area contributed by atoms with E-state index in [9.17, 15) is 0 Å². The van der Waals surface area contributed by atoms with Crippen molar-refractivity contribution in [3.05, 3.63) is 0 Å². The van der Waals surface area contributed by atoms with Crippen molar-refractivity contribution in [3.63, 3.8) is 0 Å². The van der Waals surface area contributed by atoms with Crippen LogP contribution in [0.15, 0.2) is 0 Å². The van der Waals surface area contributed by atoms with Crippen LogP contribution in [0.5, 0.6) is 0 Å². The van der Waals surface area contributed by atoms with Crippen LogP contribution in [0, 0.1) is 0 Å². The third-order valence-electron chi connectivity index (χ3n) is 4.65. The van der Waals surface area contributed by atoms with Crippen LogP contribution in [0.3, 0.4) is 0 Å². The summed E-state index contributed by atoms with van der Waals surface area (Å²) >= 11 is 0. The zero-order valence-electron chi connectivity index (χ0n) is 13.9. The summed E-state index contributed by atoms with van der Waals surface area (Å²) < 4.78 is 17.4. The Morgan fingerprint density at radius 3 is 2.71 bits per heavy atom. The molecule has 1 saturated heterocycles. The second-order valence-corrected chi connectivity index (χ2v) is 6.16. The van der Waals surface area contributed by atoms with Crippen LogP contribution in [0.1, 0.15) is 39.5 Å². The molecule has 2 aliphatic rings. The van der Waals surface area contributed by atoms with Crippen molar-refractivity contribution in [3.8, 4) is 0 Å². The summed E-state index contributed by atoms with van der Waals surface area (Å²) in [6.45, 7) is 9.35. The molecule has 5 nitrogen and oxygen atoms in total. The molecule has 0 amide bonds. The highest BCUT2D eigenvalue weighted by atomic mass is 16.7. The second-order valence-electron chi connectivity index (χ2n) is 6.16.